The number of aromatic nitrogens is 2. The summed E-state index contributed by atoms with van der Waals surface area (Å²) in [6, 6.07) is 3.06. The molecule has 0 aliphatic rings. The van der Waals surface area contributed by atoms with Crippen LogP contribution in [0.25, 0.3) is 0 Å². The van der Waals surface area contributed by atoms with E-state index in [1.165, 1.54) is 0 Å². The van der Waals surface area contributed by atoms with Crippen molar-refractivity contribution in [2.24, 2.45) is 0 Å². The number of hydrogen-bond donors (Lipinski definition) is 2. The van der Waals surface area contributed by atoms with E-state index in [2.05, 4.69) is 19.4 Å². The highest BCUT2D eigenvalue weighted by molar-refractivity contribution is 7.92. The van der Waals surface area contributed by atoms with Crippen molar-refractivity contribution in [1.82, 2.24) is 9.97 Å². The van der Waals surface area contributed by atoms with Gasteiger partial charge in [0.25, 0.3) is 10.0 Å². The van der Waals surface area contributed by atoms with E-state index in [0.29, 0.717) is 5.82 Å². The van der Waals surface area contributed by atoms with Crippen LogP contribution in [0.1, 0.15) is 16.2 Å². The van der Waals surface area contributed by atoms with E-state index in [4.69, 9.17) is 0 Å². The molecule has 1 aromatic heterocycles. The predicted octanol–water partition coefficient (Wildman–Crippen LogP) is 1.44. The van der Waals surface area contributed by atoms with Gasteiger partial charge < -0.3 is 9.72 Å². The van der Waals surface area contributed by atoms with Crippen LogP contribution in [0, 0.1) is 12.7 Å². The Morgan fingerprint density at radius 1 is 1.43 bits per heavy atom. The molecule has 2 aromatic rings. The van der Waals surface area contributed by atoms with Crippen molar-refractivity contribution in [3.8, 4) is 0 Å². The number of ether oxygens (including phenoxy) is 1. The van der Waals surface area contributed by atoms with Crippen molar-refractivity contribution in [1.29, 1.82) is 0 Å². The lowest BCUT2D eigenvalue weighted by Gasteiger charge is -2.10. The number of H-pyrrole nitrogens is 1. The van der Waals surface area contributed by atoms with Gasteiger partial charge in [0.1, 0.15) is 11.6 Å². The zero-order valence-corrected chi connectivity index (χ0v) is 12.0. The number of carbonyl (C=O) groups excluding carboxylic acids is 1. The number of nitrogens with one attached hydrogen (secondary N) is 2. The maximum Gasteiger partial charge on any atom is 0.340 e. The van der Waals surface area contributed by atoms with Crippen LogP contribution in [0.2, 0.25) is 0 Å². The van der Waals surface area contributed by atoms with Crippen LogP contribution in [0.3, 0.4) is 0 Å². The Bertz CT molecular complexity index is 786. The minimum absolute atomic E-state index is 0.0875. The van der Waals surface area contributed by atoms with Crippen molar-refractivity contribution in [3.05, 3.63) is 41.6 Å². The summed E-state index contributed by atoms with van der Waals surface area (Å²) in [6.45, 7) is 1.59. The average molecular weight is 313 g/mol. The molecule has 21 heavy (non-hydrogen) atoms. The van der Waals surface area contributed by atoms with Gasteiger partial charge in [-0.1, -0.05) is 0 Å². The molecule has 0 unspecified atom stereocenters. The molecule has 0 fully saturated rings. The Kier molecular flexibility index (Phi) is 3.94. The number of carbonyl (C=O) groups is 1. The molecule has 2 rings (SSSR count). The van der Waals surface area contributed by atoms with Crippen molar-refractivity contribution >= 4 is 21.7 Å². The molecule has 0 radical (unpaired) electrons. The summed E-state index contributed by atoms with van der Waals surface area (Å²) in [4.78, 5) is 17.9. The lowest BCUT2D eigenvalue weighted by molar-refractivity contribution is 0.0601. The summed E-state index contributed by atoms with van der Waals surface area (Å²) in [6.07, 6.45) is 1.14. The Morgan fingerprint density at radius 2 is 2.14 bits per heavy atom. The second kappa shape index (κ2) is 5.52. The molecular formula is C12H12FN3O4S. The van der Waals surface area contributed by atoms with E-state index in [9.17, 15) is 17.6 Å². The molecule has 1 aromatic carbocycles. The van der Waals surface area contributed by atoms with Crippen LogP contribution in [0.15, 0.2) is 29.4 Å². The molecule has 7 nitrogen and oxygen atoms in total. The fraction of sp³-hybridized carbons (Fsp3) is 0.167. The predicted molar refractivity (Wildman–Crippen MR) is 71.9 cm³/mol. The summed E-state index contributed by atoms with van der Waals surface area (Å²) >= 11 is 0. The number of sulfonamides is 1. The molecule has 0 amide bonds. The third kappa shape index (κ3) is 3.19. The van der Waals surface area contributed by atoms with Gasteiger partial charge in [0.05, 0.1) is 24.6 Å². The van der Waals surface area contributed by atoms with Gasteiger partial charge in [-0.15, -0.1) is 0 Å². The van der Waals surface area contributed by atoms with Gasteiger partial charge in [0.2, 0.25) is 0 Å². The van der Waals surface area contributed by atoms with E-state index in [-0.39, 0.29) is 16.3 Å². The van der Waals surface area contributed by atoms with Crippen LogP contribution < -0.4 is 4.72 Å². The Hall–Kier alpha value is -2.42. The summed E-state index contributed by atoms with van der Waals surface area (Å²) in [5, 5.41) is -0.167. The van der Waals surface area contributed by atoms with E-state index < -0.39 is 21.8 Å². The van der Waals surface area contributed by atoms with E-state index in [1.807, 2.05) is 0 Å². The molecule has 0 saturated heterocycles. The minimum atomic E-state index is -3.97. The number of anilines is 1. The number of aryl methyl sites for hydroxylation is 1. The van der Waals surface area contributed by atoms with E-state index in [1.54, 1.807) is 6.92 Å². The molecule has 0 atom stereocenters. The van der Waals surface area contributed by atoms with Crippen LogP contribution >= 0.6 is 0 Å². The summed E-state index contributed by atoms with van der Waals surface area (Å²) in [5.41, 5.74) is -0.312. The molecule has 0 saturated carbocycles. The first-order valence-corrected chi connectivity index (χ1v) is 7.24. The molecule has 2 N–H and O–H groups in total. The number of nitrogens with zero attached hydrogens (tertiary/aromatic N) is 1. The largest absolute Gasteiger partial charge is 0.465 e. The molecule has 0 bridgehead atoms. The number of hydrogen-bond acceptors (Lipinski definition) is 5. The first-order valence-electron chi connectivity index (χ1n) is 5.76. The van der Waals surface area contributed by atoms with Crippen LogP contribution in [0.4, 0.5) is 10.1 Å². The quantitative estimate of drug-likeness (QED) is 0.832. The number of methoxy groups -OCH3 is 1. The van der Waals surface area contributed by atoms with Gasteiger partial charge in [0.15, 0.2) is 5.03 Å². The minimum Gasteiger partial charge on any atom is -0.465 e. The van der Waals surface area contributed by atoms with Gasteiger partial charge >= 0.3 is 5.97 Å². The maximum absolute atomic E-state index is 13.2. The first kappa shape index (κ1) is 15.0. The average Bonchev–Trinajstić information content (AvgIpc) is 2.87. The topological polar surface area (TPSA) is 101 Å². The highest BCUT2D eigenvalue weighted by Gasteiger charge is 2.21. The number of rotatable bonds is 4. The highest BCUT2D eigenvalue weighted by Crippen LogP contribution is 2.21. The number of imidazole rings is 1. The van der Waals surface area contributed by atoms with Crippen LogP contribution in [0.5, 0.6) is 0 Å². The lowest BCUT2D eigenvalue weighted by atomic mass is 10.2. The Balaban J connectivity index is 2.42. The fourth-order valence-corrected chi connectivity index (χ4v) is 2.67. The van der Waals surface area contributed by atoms with Crippen molar-refractivity contribution in [2.45, 2.75) is 11.9 Å². The second-order valence-corrected chi connectivity index (χ2v) is 5.77. The molecule has 112 valence electrons. The third-order valence-corrected chi connectivity index (χ3v) is 3.88. The van der Waals surface area contributed by atoms with Gasteiger partial charge in [-0.3, -0.25) is 4.72 Å². The number of esters is 1. The van der Waals surface area contributed by atoms with E-state index >= 15 is 0 Å². The Labute approximate surface area is 120 Å². The summed E-state index contributed by atoms with van der Waals surface area (Å²) in [5.74, 6) is -1.12. The zero-order chi connectivity index (χ0) is 15.6. The number of benzene rings is 1. The molecule has 9 heteroatoms. The monoisotopic (exact) mass is 313 g/mol. The fourth-order valence-electron chi connectivity index (χ4n) is 1.62. The molecule has 1 heterocycles. The summed E-state index contributed by atoms with van der Waals surface area (Å²) < 4.78 is 44.2. The van der Waals surface area contributed by atoms with E-state index in [0.717, 1.165) is 31.5 Å². The van der Waals surface area contributed by atoms with Gasteiger partial charge in [-0.2, -0.15) is 8.42 Å². The summed E-state index contributed by atoms with van der Waals surface area (Å²) in [7, 11) is -2.85. The van der Waals surface area contributed by atoms with Crippen LogP contribution in [-0.4, -0.2) is 31.5 Å². The molecule has 0 aliphatic carbocycles. The zero-order valence-electron chi connectivity index (χ0n) is 11.2. The number of halogens is 1. The van der Waals surface area contributed by atoms with Gasteiger partial charge in [-0.05, 0) is 25.1 Å². The molecular weight excluding hydrogens is 301 g/mol. The highest BCUT2D eigenvalue weighted by atomic mass is 32.2. The molecule has 0 aliphatic heterocycles. The number of aromatic amines is 1. The second-order valence-electron chi connectivity index (χ2n) is 4.12. The normalized spacial score (nSPS) is 11.2. The standard InChI is InChI=1S/C12H12FN3O4S/c1-7-14-6-11(15-7)21(18,19)16-10-4-3-8(13)5-9(10)12(17)20-2/h3-6,16H,1-2H3,(H,14,15). The van der Waals surface area contributed by atoms with Crippen LogP contribution in [-0.2, 0) is 14.8 Å². The van der Waals surface area contributed by atoms with Crippen molar-refractivity contribution < 1.29 is 22.3 Å². The SMILES string of the molecule is COC(=O)c1cc(F)ccc1NS(=O)(=O)c1cnc(C)[nH]1. The smallest absolute Gasteiger partial charge is 0.340 e. The van der Waals surface area contributed by atoms with Gasteiger partial charge in [0, 0.05) is 0 Å². The Morgan fingerprint density at radius 3 is 2.71 bits per heavy atom. The lowest BCUT2D eigenvalue weighted by Crippen LogP contribution is -2.16. The first-order chi connectivity index (χ1) is 9.83. The van der Waals surface area contributed by atoms with Crippen molar-refractivity contribution in [2.75, 3.05) is 11.8 Å². The van der Waals surface area contributed by atoms with Gasteiger partial charge in [-0.25, -0.2) is 14.2 Å². The molecule has 0 spiro atoms. The third-order valence-electron chi connectivity index (χ3n) is 2.60. The van der Waals surface area contributed by atoms with Crippen molar-refractivity contribution in [3.63, 3.8) is 0 Å². The maximum atomic E-state index is 13.2.